The topological polar surface area (TPSA) is 94.8 Å². The number of anilines is 1. The Balaban J connectivity index is 1.94. The first-order valence-electron chi connectivity index (χ1n) is 7.18. The lowest BCUT2D eigenvalue weighted by Gasteiger charge is -2.11. The number of methoxy groups -OCH3 is 1. The Labute approximate surface area is 142 Å². The number of nitrogens with zero attached hydrogens (tertiary/aromatic N) is 5. The maximum atomic E-state index is 12.4. The molecule has 0 saturated heterocycles. The van der Waals surface area contributed by atoms with Gasteiger partial charge in [-0.2, -0.15) is 4.68 Å². The zero-order valence-electron chi connectivity index (χ0n) is 13.7. The van der Waals surface area contributed by atoms with Crippen molar-refractivity contribution in [3.05, 3.63) is 39.6 Å². The standard InChI is InChI=1S/C15H16N6O2S/c1-8-14(24-10(3)16-8)15(22)17-11-5-6-13(23-4)12(7-11)21-9(2)18-19-20-21/h5-7H,1-4H3,(H,17,22). The third-order valence-corrected chi connectivity index (χ3v) is 4.47. The highest BCUT2D eigenvalue weighted by atomic mass is 32.1. The lowest BCUT2D eigenvalue weighted by Crippen LogP contribution is -2.12. The van der Waals surface area contributed by atoms with Gasteiger partial charge in [0.15, 0.2) is 5.82 Å². The van der Waals surface area contributed by atoms with Crippen LogP contribution in [0, 0.1) is 20.8 Å². The van der Waals surface area contributed by atoms with Crippen LogP contribution in [0.3, 0.4) is 0 Å². The van der Waals surface area contributed by atoms with E-state index in [2.05, 4.69) is 25.8 Å². The molecule has 0 aliphatic heterocycles. The Hall–Kier alpha value is -2.81. The third kappa shape index (κ3) is 2.98. The van der Waals surface area contributed by atoms with Gasteiger partial charge in [0.05, 0.1) is 17.8 Å². The van der Waals surface area contributed by atoms with E-state index in [0.29, 0.717) is 27.8 Å². The first kappa shape index (κ1) is 16.1. The molecule has 0 unspecified atom stereocenters. The number of carbonyl (C=O) groups is 1. The molecule has 3 rings (SSSR count). The molecule has 0 radical (unpaired) electrons. The second-order valence-electron chi connectivity index (χ2n) is 5.13. The lowest BCUT2D eigenvalue weighted by atomic mass is 10.2. The number of thiazole rings is 1. The molecule has 9 heteroatoms. The number of tetrazole rings is 1. The van der Waals surface area contributed by atoms with Crippen LogP contribution in [0.15, 0.2) is 18.2 Å². The fourth-order valence-corrected chi connectivity index (χ4v) is 3.13. The van der Waals surface area contributed by atoms with Crippen molar-refractivity contribution in [1.29, 1.82) is 0 Å². The number of nitrogens with one attached hydrogen (secondary N) is 1. The summed E-state index contributed by atoms with van der Waals surface area (Å²) in [4.78, 5) is 17.3. The molecule has 1 aromatic carbocycles. The molecule has 0 saturated carbocycles. The van der Waals surface area contributed by atoms with Crippen molar-refractivity contribution in [2.24, 2.45) is 0 Å². The number of amides is 1. The molecule has 3 aromatic rings. The highest BCUT2D eigenvalue weighted by Crippen LogP contribution is 2.27. The molecule has 2 aromatic heterocycles. The van der Waals surface area contributed by atoms with Gasteiger partial charge in [-0.25, -0.2) is 4.98 Å². The molecule has 1 amide bonds. The van der Waals surface area contributed by atoms with E-state index in [0.717, 1.165) is 10.7 Å². The summed E-state index contributed by atoms with van der Waals surface area (Å²) >= 11 is 1.37. The monoisotopic (exact) mass is 344 g/mol. The molecule has 0 bridgehead atoms. The van der Waals surface area contributed by atoms with Crippen molar-refractivity contribution >= 4 is 22.9 Å². The number of hydrogen-bond donors (Lipinski definition) is 1. The number of benzene rings is 1. The van der Waals surface area contributed by atoms with Gasteiger partial charge in [0.1, 0.15) is 16.3 Å². The maximum Gasteiger partial charge on any atom is 0.267 e. The summed E-state index contributed by atoms with van der Waals surface area (Å²) in [6, 6.07) is 5.29. The van der Waals surface area contributed by atoms with E-state index in [1.54, 1.807) is 36.9 Å². The van der Waals surface area contributed by atoms with Crippen molar-refractivity contribution in [3.8, 4) is 11.4 Å². The molecule has 8 nitrogen and oxygen atoms in total. The number of hydrogen-bond acceptors (Lipinski definition) is 7. The zero-order chi connectivity index (χ0) is 17.3. The largest absolute Gasteiger partial charge is 0.494 e. The predicted molar refractivity (Wildman–Crippen MR) is 90.0 cm³/mol. The third-order valence-electron chi connectivity index (χ3n) is 3.40. The van der Waals surface area contributed by atoms with E-state index in [1.807, 2.05) is 13.8 Å². The summed E-state index contributed by atoms with van der Waals surface area (Å²) in [5, 5.41) is 15.2. The van der Waals surface area contributed by atoms with Gasteiger partial charge in [-0.3, -0.25) is 4.79 Å². The first-order valence-corrected chi connectivity index (χ1v) is 8.00. The van der Waals surface area contributed by atoms with Gasteiger partial charge in [-0.05, 0) is 49.4 Å². The van der Waals surface area contributed by atoms with Crippen LogP contribution in [0.5, 0.6) is 5.75 Å². The number of aryl methyl sites for hydroxylation is 3. The van der Waals surface area contributed by atoms with Gasteiger partial charge < -0.3 is 10.1 Å². The quantitative estimate of drug-likeness (QED) is 0.780. The minimum atomic E-state index is -0.192. The molecule has 0 fully saturated rings. The fourth-order valence-electron chi connectivity index (χ4n) is 2.32. The van der Waals surface area contributed by atoms with Crippen molar-refractivity contribution in [2.45, 2.75) is 20.8 Å². The van der Waals surface area contributed by atoms with Gasteiger partial charge in [-0.15, -0.1) is 16.4 Å². The summed E-state index contributed by atoms with van der Waals surface area (Å²) in [5.41, 5.74) is 1.99. The van der Waals surface area contributed by atoms with Crippen LogP contribution in [0.4, 0.5) is 5.69 Å². The minimum absolute atomic E-state index is 0.192. The van der Waals surface area contributed by atoms with Crippen molar-refractivity contribution in [3.63, 3.8) is 0 Å². The summed E-state index contributed by atoms with van der Waals surface area (Å²) < 4.78 is 6.91. The highest BCUT2D eigenvalue weighted by molar-refractivity contribution is 7.13. The molecule has 2 heterocycles. The van der Waals surface area contributed by atoms with Gasteiger partial charge in [-0.1, -0.05) is 0 Å². The van der Waals surface area contributed by atoms with Gasteiger partial charge in [0, 0.05) is 5.69 Å². The maximum absolute atomic E-state index is 12.4. The molecule has 24 heavy (non-hydrogen) atoms. The fraction of sp³-hybridized carbons (Fsp3) is 0.267. The Morgan fingerprint density at radius 1 is 1.29 bits per heavy atom. The van der Waals surface area contributed by atoms with Gasteiger partial charge >= 0.3 is 0 Å². The average molecular weight is 344 g/mol. The second-order valence-corrected chi connectivity index (χ2v) is 6.33. The summed E-state index contributed by atoms with van der Waals surface area (Å²) in [7, 11) is 1.57. The molecule has 0 aliphatic carbocycles. The molecule has 0 aliphatic rings. The number of carbonyl (C=O) groups excluding carboxylic acids is 1. The number of rotatable bonds is 4. The molecule has 124 valence electrons. The Morgan fingerprint density at radius 3 is 2.67 bits per heavy atom. The Morgan fingerprint density at radius 2 is 2.08 bits per heavy atom. The van der Waals surface area contributed by atoms with Crippen LogP contribution in [0.25, 0.3) is 5.69 Å². The van der Waals surface area contributed by atoms with Crippen LogP contribution < -0.4 is 10.1 Å². The Kier molecular flexibility index (Phi) is 4.26. The number of ether oxygens (including phenoxy) is 1. The van der Waals surface area contributed by atoms with Crippen molar-refractivity contribution in [2.75, 3.05) is 12.4 Å². The van der Waals surface area contributed by atoms with Crippen LogP contribution in [-0.4, -0.2) is 38.2 Å². The van der Waals surface area contributed by atoms with E-state index in [1.165, 1.54) is 11.3 Å². The van der Waals surface area contributed by atoms with Gasteiger partial charge in [0.2, 0.25) is 0 Å². The molecular weight excluding hydrogens is 328 g/mol. The average Bonchev–Trinajstić information content (AvgIpc) is 3.12. The van der Waals surface area contributed by atoms with E-state index >= 15 is 0 Å². The number of aromatic nitrogens is 5. The minimum Gasteiger partial charge on any atom is -0.494 e. The predicted octanol–water partition coefficient (Wildman–Crippen LogP) is 2.30. The Bertz CT molecular complexity index is 901. The normalized spacial score (nSPS) is 10.7. The van der Waals surface area contributed by atoms with E-state index in [9.17, 15) is 4.79 Å². The second kappa shape index (κ2) is 6.36. The SMILES string of the molecule is COc1ccc(NC(=O)c2sc(C)nc2C)cc1-n1nnnc1C. The zero-order valence-corrected chi connectivity index (χ0v) is 14.5. The summed E-state index contributed by atoms with van der Waals surface area (Å²) in [6.45, 7) is 5.48. The smallest absolute Gasteiger partial charge is 0.267 e. The molecule has 1 N–H and O–H groups in total. The molecule has 0 atom stereocenters. The van der Waals surface area contributed by atoms with Crippen molar-refractivity contribution < 1.29 is 9.53 Å². The van der Waals surface area contributed by atoms with Crippen LogP contribution in [0.1, 0.15) is 26.2 Å². The van der Waals surface area contributed by atoms with E-state index < -0.39 is 0 Å². The highest BCUT2D eigenvalue weighted by Gasteiger charge is 2.16. The molecular formula is C15H16N6O2S. The van der Waals surface area contributed by atoms with E-state index in [-0.39, 0.29) is 5.91 Å². The lowest BCUT2D eigenvalue weighted by molar-refractivity contribution is 0.103. The van der Waals surface area contributed by atoms with Gasteiger partial charge in [0.25, 0.3) is 5.91 Å². The van der Waals surface area contributed by atoms with Crippen molar-refractivity contribution in [1.82, 2.24) is 25.2 Å². The summed E-state index contributed by atoms with van der Waals surface area (Å²) in [5.74, 6) is 1.03. The van der Waals surface area contributed by atoms with E-state index in [4.69, 9.17) is 4.74 Å². The van der Waals surface area contributed by atoms with Crippen LogP contribution in [-0.2, 0) is 0 Å². The summed E-state index contributed by atoms with van der Waals surface area (Å²) in [6.07, 6.45) is 0. The first-order chi connectivity index (χ1) is 11.5. The molecule has 0 spiro atoms. The van der Waals surface area contributed by atoms with Crippen LogP contribution >= 0.6 is 11.3 Å². The van der Waals surface area contributed by atoms with Crippen LogP contribution in [0.2, 0.25) is 0 Å².